The summed E-state index contributed by atoms with van der Waals surface area (Å²) < 4.78 is 5.43. The Morgan fingerprint density at radius 2 is 2.19 bits per heavy atom. The summed E-state index contributed by atoms with van der Waals surface area (Å²) in [6.07, 6.45) is 1.85. The number of anilines is 2. The molecule has 0 aromatic heterocycles. The number of nitro groups is 1. The quantitative estimate of drug-likeness (QED) is 0.637. The Bertz CT molecular complexity index is 842. The summed E-state index contributed by atoms with van der Waals surface area (Å²) in [6, 6.07) is 9.96. The highest BCUT2D eigenvalue weighted by Gasteiger charge is 2.24. The van der Waals surface area contributed by atoms with Crippen molar-refractivity contribution in [1.82, 2.24) is 0 Å². The van der Waals surface area contributed by atoms with Crippen LogP contribution < -0.4 is 15.0 Å². The molecule has 0 unspecified atom stereocenters. The topological polar surface area (TPSA) is 84.7 Å². The monoisotopic (exact) mass is 375 g/mol. The van der Waals surface area contributed by atoms with Gasteiger partial charge in [-0.15, -0.1) is 0 Å². The predicted octanol–water partition coefficient (Wildman–Crippen LogP) is 3.65. The number of hydrogen-bond acceptors (Lipinski definition) is 5. The van der Waals surface area contributed by atoms with E-state index >= 15 is 0 Å². The van der Waals surface area contributed by atoms with E-state index in [0.717, 1.165) is 24.1 Å². The molecule has 0 spiro atoms. The summed E-state index contributed by atoms with van der Waals surface area (Å²) in [5.74, 6) is 0.377. The number of benzene rings is 2. The van der Waals surface area contributed by atoms with Gasteiger partial charge in [0.1, 0.15) is 11.4 Å². The second-order valence-electron chi connectivity index (χ2n) is 5.96. The van der Waals surface area contributed by atoms with Crippen LogP contribution >= 0.6 is 11.6 Å². The first-order valence-corrected chi connectivity index (χ1v) is 8.52. The minimum atomic E-state index is -0.569. The number of aryl methyl sites for hydroxylation is 1. The summed E-state index contributed by atoms with van der Waals surface area (Å²) in [5.41, 5.74) is 1.92. The molecule has 0 aliphatic carbocycles. The number of rotatable bonds is 5. The molecule has 0 radical (unpaired) electrons. The van der Waals surface area contributed by atoms with Crippen molar-refractivity contribution in [3.63, 3.8) is 0 Å². The first-order chi connectivity index (χ1) is 12.5. The number of carbonyl (C=O) groups is 1. The van der Waals surface area contributed by atoms with Gasteiger partial charge in [0.05, 0.1) is 24.3 Å². The van der Waals surface area contributed by atoms with E-state index in [9.17, 15) is 14.9 Å². The van der Waals surface area contributed by atoms with Gasteiger partial charge in [0, 0.05) is 17.6 Å². The molecular weight excluding hydrogens is 358 g/mol. The highest BCUT2D eigenvalue weighted by molar-refractivity contribution is 6.31. The summed E-state index contributed by atoms with van der Waals surface area (Å²) in [7, 11) is 1.60. The van der Waals surface area contributed by atoms with Crippen molar-refractivity contribution in [3.05, 3.63) is 57.1 Å². The average Bonchev–Trinajstić information content (AvgIpc) is 2.62. The van der Waals surface area contributed by atoms with Crippen LogP contribution in [0.5, 0.6) is 5.75 Å². The van der Waals surface area contributed by atoms with Crippen LogP contribution in [0.1, 0.15) is 12.0 Å². The second-order valence-corrected chi connectivity index (χ2v) is 6.40. The lowest BCUT2D eigenvalue weighted by Crippen LogP contribution is -2.37. The molecule has 8 heteroatoms. The third-order valence-corrected chi connectivity index (χ3v) is 4.49. The number of amides is 1. The average molecular weight is 376 g/mol. The van der Waals surface area contributed by atoms with Crippen LogP contribution in [0.3, 0.4) is 0 Å². The van der Waals surface area contributed by atoms with Gasteiger partial charge in [0.25, 0.3) is 5.69 Å². The first-order valence-electron chi connectivity index (χ1n) is 8.14. The summed E-state index contributed by atoms with van der Waals surface area (Å²) in [5, 5.41) is 14.0. The van der Waals surface area contributed by atoms with E-state index in [-0.39, 0.29) is 28.8 Å². The molecule has 7 nitrogen and oxygen atoms in total. The maximum absolute atomic E-state index is 12.5. The Hall–Kier alpha value is -2.80. The van der Waals surface area contributed by atoms with Gasteiger partial charge in [-0.1, -0.05) is 23.7 Å². The summed E-state index contributed by atoms with van der Waals surface area (Å²) in [4.78, 5) is 25.0. The largest absolute Gasteiger partial charge is 0.495 e. The molecule has 0 atom stereocenters. The Morgan fingerprint density at radius 3 is 2.92 bits per heavy atom. The van der Waals surface area contributed by atoms with Crippen molar-refractivity contribution in [2.24, 2.45) is 0 Å². The molecule has 2 aromatic rings. The van der Waals surface area contributed by atoms with Crippen molar-refractivity contribution in [3.8, 4) is 5.75 Å². The fraction of sp³-hybridized carbons (Fsp3) is 0.278. The van der Waals surface area contributed by atoms with Crippen LogP contribution in [0.4, 0.5) is 17.1 Å². The molecule has 0 saturated carbocycles. The van der Waals surface area contributed by atoms with Crippen LogP contribution in [0.2, 0.25) is 5.02 Å². The minimum absolute atomic E-state index is 0.0765. The molecule has 0 fully saturated rings. The maximum Gasteiger partial charge on any atom is 0.294 e. The number of carbonyl (C=O) groups excluding carboxylic acids is 1. The molecular formula is C18H18ClN3O4. The van der Waals surface area contributed by atoms with E-state index in [2.05, 4.69) is 5.32 Å². The number of nitro benzene ring substituents is 1. The van der Waals surface area contributed by atoms with Gasteiger partial charge in [0.2, 0.25) is 5.91 Å². The van der Waals surface area contributed by atoms with Gasteiger partial charge in [0.15, 0.2) is 0 Å². The number of ether oxygens (including phenoxy) is 1. The highest BCUT2D eigenvalue weighted by Crippen LogP contribution is 2.36. The lowest BCUT2D eigenvalue weighted by atomic mass is 10.0. The molecule has 1 aliphatic heterocycles. The molecule has 1 amide bonds. The molecule has 136 valence electrons. The predicted molar refractivity (Wildman–Crippen MR) is 100 cm³/mol. The summed E-state index contributed by atoms with van der Waals surface area (Å²) >= 11 is 5.80. The Kier molecular flexibility index (Phi) is 5.27. The number of nitrogens with one attached hydrogen (secondary N) is 1. The third kappa shape index (κ3) is 3.72. The summed E-state index contributed by atoms with van der Waals surface area (Å²) in [6.45, 7) is 0.788. The van der Waals surface area contributed by atoms with Crippen molar-refractivity contribution in [2.75, 3.05) is 30.4 Å². The standard InChI is InChI=1S/C18H18ClN3O4/c1-26-16-6-2-4-12-5-3-9-21(18(12)16)11-17(23)20-14-8-7-13(19)10-15(14)22(24)25/h2,4,6-8,10H,3,5,9,11H2,1H3,(H,20,23). The van der Waals surface area contributed by atoms with E-state index in [1.165, 1.54) is 18.2 Å². The zero-order valence-corrected chi connectivity index (χ0v) is 15.0. The van der Waals surface area contributed by atoms with Gasteiger partial charge in [-0.2, -0.15) is 0 Å². The number of methoxy groups -OCH3 is 1. The Balaban J connectivity index is 1.80. The van der Waals surface area contributed by atoms with Crippen LogP contribution in [-0.4, -0.2) is 31.0 Å². The zero-order valence-electron chi connectivity index (χ0n) is 14.2. The molecule has 1 aliphatic rings. The van der Waals surface area contributed by atoms with Crippen molar-refractivity contribution in [1.29, 1.82) is 0 Å². The molecule has 0 bridgehead atoms. The smallest absolute Gasteiger partial charge is 0.294 e. The van der Waals surface area contributed by atoms with Crippen molar-refractivity contribution < 1.29 is 14.5 Å². The van der Waals surface area contributed by atoms with Crippen LogP contribution in [0.15, 0.2) is 36.4 Å². The number of fused-ring (bicyclic) bond motifs is 1. The van der Waals surface area contributed by atoms with Crippen LogP contribution in [0.25, 0.3) is 0 Å². The molecule has 26 heavy (non-hydrogen) atoms. The number of nitrogens with zero attached hydrogens (tertiary/aromatic N) is 2. The highest BCUT2D eigenvalue weighted by atomic mass is 35.5. The second kappa shape index (κ2) is 7.61. The SMILES string of the molecule is COc1cccc2c1N(CC(=O)Nc1ccc(Cl)cc1[N+](=O)[O-])CCC2. The van der Waals surface area contributed by atoms with Crippen molar-refractivity contribution >= 4 is 34.6 Å². The number of hydrogen-bond donors (Lipinski definition) is 1. The third-order valence-electron chi connectivity index (χ3n) is 4.26. The molecule has 1 N–H and O–H groups in total. The van der Waals surface area contributed by atoms with E-state index in [1.807, 2.05) is 23.1 Å². The van der Waals surface area contributed by atoms with E-state index in [4.69, 9.17) is 16.3 Å². The van der Waals surface area contributed by atoms with Crippen LogP contribution in [-0.2, 0) is 11.2 Å². The molecule has 2 aromatic carbocycles. The Labute approximate surface area is 155 Å². The lowest BCUT2D eigenvalue weighted by molar-refractivity contribution is -0.383. The van der Waals surface area contributed by atoms with Gasteiger partial charge < -0.3 is 15.0 Å². The first kappa shape index (κ1) is 18.0. The molecule has 3 rings (SSSR count). The van der Waals surface area contributed by atoms with E-state index in [0.29, 0.717) is 12.3 Å². The zero-order chi connectivity index (χ0) is 18.7. The fourth-order valence-electron chi connectivity index (χ4n) is 3.15. The fourth-order valence-corrected chi connectivity index (χ4v) is 3.31. The number of para-hydroxylation sites is 1. The van der Waals surface area contributed by atoms with Crippen LogP contribution in [0, 0.1) is 10.1 Å². The van der Waals surface area contributed by atoms with Gasteiger partial charge >= 0.3 is 0 Å². The Morgan fingerprint density at radius 1 is 1.38 bits per heavy atom. The molecule has 1 heterocycles. The molecule has 0 saturated heterocycles. The number of halogens is 1. The van der Waals surface area contributed by atoms with E-state index < -0.39 is 4.92 Å². The van der Waals surface area contributed by atoms with Gasteiger partial charge in [-0.05, 0) is 36.6 Å². The minimum Gasteiger partial charge on any atom is -0.495 e. The van der Waals surface area contributed by atoms with Gasteiger partial charge in [-0.3, -0.25) is 14.9 Å². The lowest BCUT2D eigenvalue weighted by Gasteiger charge is -2.32. The normalized spacial score (nSPS) is 13.1. The van der Waals surface area contributed by atoms with Gasteiger partial charge in [-0.25, -0.2) is 0 Å². The van der Waals surface area contributed by atoms with Crippen molar-refractivity contribution in [2.45, 2.75) is 12.8 Å². The maximum atomic E-state index is 12.5. The van der Waals surface area contributed by atoms with E-state index in [1.54, 1.807) is 7.11 Å².